The summed E-state index contributed by atoms with van der Waals surface area (Å²) in [7, 11) is 0. The summed E-state index contributed by atoms with van der Waals surface area (Å²) in [6.07, 6.45) is 1.80. The summed E-state index contributed by atoms with van der Waals surface area (Å²) >= 11 is 5.46. The number of aliphatic hydroxyl groups is 1. The summed E-state index contributed by atoms with van der Waals surface area (Å²) in [6, 6.07) is 7.09. The summed E-state index contributed by atoms with van der Waals surface area (Å²) in [5.41, 5.74) is 2.59. The molecule has 0 spiro atoms. The predicted octanol–water partition coefficient (Wildman–Crippen LogP) is 4.96. The standard InChI is InChI=1S/C23H25F2N5OS/c1-23(31)7-2-3-18(23)30-20-15(10-17(19(24)25)21(30)32)12-27-22(29-20)28-16-5-4-14-11-26-8-6-13(14)9-16/h4-5,9-10,12,18-19,26,31H,2-3,6-8,11H2,1H3,(H,27,28,29). The topological polar surface area (TPSA) is 75.0 Å². The first kappa shape index (κ1) is 21.4. The van der Waals surface area contributed by atoms with Crippen LogP contribution in [-0.4, -0.2) is 31.8 Å². The zero-order valence-corrected chi connectivity index (χ0v) is 18.6. The van der Waals surface area contributed by atoms with Crippen LogP contribution in [0.3, 0.4) is 0 Å². The molecule has 0 radical (unpaired) electrons. The van der Waals surface area contributed by atoms with Crippen LogP contribution in [0.2, 0.25) is 0 Å². The van der Waals surface area contributed by atoms with Gasteiger partial charge in [0.25, 0.3) is 6.43 Å². The SMILES string of the molecule is CC1(O)CCCC1n1c(=S)c(C(F)F)cc2cnc(Nc3ccc4c(c3)CCNC4)nc21. The van der Waals surface area contributed by atoms with Gasteiger partial charge in [-0.1, -0.05) is 18.3 Å². The van der Waals surface area contributed by atoms with Gasteiger partial charge in [-0.2, -0.15) is 4.98 Å². The minimum atomic E-state index is -2.72. The van der Waals surface area contributed by atoms with Crippen molar-refractivity contribution in [1.82, 2.24) is 19.9 Å². The van der Waals surface area contributed by atoms with E-state index < -0.39 is 18.1 Å². The molecule has 0 bridgehead atoms. The van der Waals surface area contributed by atoms with E-state index in [1.165, 1.54) is 23.4 Å². The number of fused-ring (bicyclic) bond motifs is 2. The van der Waals surface area contributed by atoms with Gasteiger partial charge < -0.3 is 20.3 Å². The molecule has 1 aliphatic heterocycles. The molecule has 0 amide bonds. The van der Waals surface area contributed by atoms with Crippen molar-refractivity contribution in [3.05, 3.63) is 51.8 Å². The Morgan fingerprint density at radius 3 is 2.91 bits per heavy atom. The van der Waals surface area contributed by atoms with Crippen LogP contribution >= 0.6 is 12.2 Å². The number of halogens is 2. The Morgan fingerprint density at radius 1 is 1.31 bits per heavy atom. The molecule has 2 unspecified atom stereocenters. The number of nitrogens with one attached hydrogen (secondary N) is 2. The number of aromatic nitrogens is 3. The van der Waals surface area contributed by atoms with Gasteiger partial charge in [0.2, 0.25) is 5.95 Å². The Hall–Kier alpha value is -2.49. The van der Waals surface area contributed by atoms with Gasteiger partial charge >= 0.3 is 0 Å². The number of hydrogen-bond acceptors (Lipinski definition) is 6. The molecule has 1 fully saturated rings. The van der Waals surface area contributed by atoms with E-state index in [1.807, 2.05) is 6.07 Å². The van der Waals surface area contributed by atoms with E-state index in [1.54, 1.807) is 11.5 Å². The van der Waals surface area contributed by atoms with Crippen molar-refractivity contribution in [2.45, 2.75) is 57.2 Å². The quantitative estimate of drug-likeness (QED) is 0.481. The van der Waals surface area contributed by atoms with Gasteiger partial charge in [0.1, 0.15) is 10.3 Å². The van der Waals surface area contributed by atoms with E-state index in [4.69, 9.17) is 12.2 Å². The Bertz CT molecular complexity index is 1240. The summed E-state index contributed by atoms with van der Waals surface area (Å²) in [5, 5.41) is 18.0. The molecule has 2 atom stereocenters. The highest BCUT2D eigenvalue weighted by molar-refractivity contribution is 7.71. The monoisotopic (exact) mass is 457 g/mol. The summed E-state index contributed by atoms with van der Waals surface area (Å²) in [5.74, 6) is 0.358. The number of pyridine rings is 1. The third kappa shape index (κ3) is 3.78. The Balaban J connectivity index is 1.60. The van der Waals surface area contributed by atoms with E-state index >= 15 is 0 Å². The molecule has 1 saturated carbocycles. The van der Waals surface area contributed by atoms with Gasteiger partial charge in [-0.15, -0.1) is 0 Å². The second-order valence-corrected chi connectivity index (χ2v) is 9.24. The Kier molecular flexibility index (Phi) is 5.43. The first-order chi connectivity index (χ1) is 15.3. The molecule has 3 N–H and O–H groups in total. The first-order valence-electron chi connectivity index (χ1n) is 10.9. The molecule has 0 saturated heterocycles. The molecule has 168 valence electrons. The number of hydrogen-bond donors (Lipinski definition) is 3. The smallest absolute Gasteiger partial charge is 0.266 e. The average Bonchev–Trinajstić information content (AvgIpc) is 3.11. The summed E-state index contributed by atoms with van der Waals surface area (Å²) in [4.78, 5) is 9.02. The molecular weight excluding hydrogens is 432 g/mol. The van der Waals surface area contributed by atoms with Gasteiger partial charge in [0, 0.05) is 23.8 Å². The van der Waals surface area contributed by atoms with Crippen LogP contribution in [0.1, 0.15) is 55.3 Å². The fourth-order valence-electron chi connectivity index (χ4n) is 4.87. The second-order valence-electron chi connectivity index (χ2n) is 8.85. The van der Waals surface area contributed by atoms with Crippen LogP contribution in [0.4, 0.5) is 20.4 Å². The number of anilines is 2. The number of nitrogens with zero attached hydrogens (tertiary/aromatic N) is 3. The van der Waals surface area contributed by atoms with E-state index in [9.17, 15) is 13.9 Å². The minimum absolute atomic E-state index is 0.0191. The lowest BCUT2D eigenvalue weighted by atomic mass is 9.99. The van der Waals surface area contributed by atoms with Crippen molar-refractivity contribution in [2.75, 3.05) is 11.9 Å². The minimum Gasteiger partial charge on any atom is -0.388 e. The zero-order chi connectivity index (χ0) is 22.5. The van der Waals surface area contributed by atoms with Crippen molar-refractivity contribution < 1.29 is 13.9 Å². The van der Waals surface area contributed by atoms with Gasteiger partial charge in [-0.05, 0) is 68.5 Å². The van der Waals surface area contributed by atoms with Crippen LogP contribution in [0, 0.1) is 4.64 Å². The number of rotatable bonds is 4. The van der Waals surface area contributed by atoms with Crippen molar-refractivity contribution in [1.29, 1.82) is 0 Å². The predicted molar refractivity (Wildman–Crippen MR) is 122 cm³/mol. The highest BCUT2D eigenvalue weighted by atomic mass is 32.1. The van der Waals surface area contributed by atoms with Crippen LogP contribution in [0.5, 0.6) is 0 Å². The molecule has 2 aromatic heterocycles. The number of benzene rings is 1. The molecule has 5 rings (SSSR count). The van der Waals surface area contributed by atoms with Crippen LogP contribution in [0.15, 0.2) is 30.5 Å². The van der Waals surface area contributed by atoms with E-state index in [2.05, 4.69) is 32.7 Å². The Labute approximate surface area is 189 Å². The lowest BCUT2D eigenvalue weighted by Crippen LogP contribution is -2.32. The van der Waals surface area contributed by atoms with E-state index in [0.29, 0.717) is 29.8 Å². The summed E-state index contributed by atoms with van der Waals surface area (Å²) in [6.45, 7) is 3.53. The highest BCUT2D eigenvalue weighted by Crippen LogP contribution is 2.41. The maximum absolute atomic E-state index is 13.7. The third-order valence-corrected chi connectivity index (χ3v) is 7.01. The van der Waals surface area contributed by atoms with Crippen LogP contribution in [-0.2, 0) is 13.0 Å². The second kappa shape index (κ2) is 8.13. The van der Waals surface area contributed by atoms with Gasteiger partial charge in [0.05, 0.1) is 17.2 Å². The Morgan fingerprint density at radius 2 is 2.16 bits per heavy atom. The molecular formula is C23H25F2N5OS. The van der Waals surface area contributed by atoms with Crippen molar-refractivity contribution in [3.63, 3.8) is 0 Å². The molecule has 3 aromatic rings. The summed E-state index contributed by atoms with van der Waals surface area (Å²) < 4.78 is 29.1. The third-order valence-electron chi connectivity index (χ3n) is 6.57. The van der Waals surface area contributed by atoms with Crippen LogP contribution in [0.25, 0.3) is 11.0 Å². The normalized spacial score (nSPS) is 23.0. The zero-order valence-electron chi connectivity index (χ0n) is 17.7. The van der Waals surface area contributed by atoms with Gasteiger partial charge in [0.15, 0.2) is 0 Å². The fraction of sp³-hybridized carbons (Fsp3) is 0.435. The molecule has 6 nitrogen and oxygen atoms in total. The van der Waals surface area contributed by atoms with E-state index in [0.717, 1.165) is 31.6 Å². The fourth-order valence-corrected chi connectivity index (χ4v) is 5.23. The molecule has 1 aromatic carbocycles. The molecule has 32 heavy (non-hydrogen) atoms. The van der Waals surface area contributed by atoms with Gasteiger partial charge in [-0.25, -0.2) is 13.8 Å². The first-order valence-corrected chi connectivity index (χ1v) is 11.3. The molecule has 3 heterocycles. The molecule has 1 aliphatic carbocycles. The molecule has 9 heteroatoms. The van der Waals surface area contributed by atoms with Crippen molar-refractivity contribution in [3.8, 4) is 0 Å². The maximum atomic E-state index is 13.7. The van der Waals surface area contributed by atoms with Crippen LogP contribution < -0.4 is 10.6 Å². The lowest BCUT2D eigenvalue weighted by Gasteiger charge is -2.29. The van der Waals surface area contributed by atoms with Crippen molar-refractivity contribution in [2.24, 2.45) is 0 Å². The maximum Gasteiger partial charge on any atom is 0.266 e. The average molecular weight is 458 g/mol. The molecule has 2 aliphatic rings. The number of alkyl halides is 2. The van der Waals surface area contributed by atoms with Crippen molar-refractivity contribution >= 4 is 34.9 Å². The van der Waals surface area contributed by atoms with E-state index in [-0.39, 0.29) is 10.2 Å². The largest absolute Gasteiger partial charge is 0.388 e. The van der Waals surface area contributed by atoms with Gasteiger partial charge in [-0.3, -0.25) is 0 Å². The highest BCUT2D eigenvalue weighted by Gasteiger charge is 2.39. The lowest BCUT2D eigenvalue weighted by molar-refractivity contribution is 0.0268.